The topological polar surface area (TPSA) is 99.3 Å². The van der Waals surface area contributed by atoms with Crippen LogP contribution in [0.1, 0.15) is 78.4 Å². The van der Waals surface area contributed by atoms with Gasteiger partial charge < -0.3 is 25.5 Å². The summed E-state index contributed by atoms with van der Waals surface area (Å²) in [4.78, 5) is 20.9. The van der Waals surface area contributed by atoms with Crippen LogP contribution in [-0.2, 0) is 4.74 Å². The Morgan fingerprint density at radius 2 is 1.97 bits per heavy atom. The molecule has 4 N–H and O–H groups in total. The van der Waals surface area contributed by atoms with Crippen LogP contribution in [0.4, 0.5) is 0 Å². The number of fused-ring (bicyclic) bond motifs is 1. The summed E-state index contributed by atoms with van der Waals surface area (Å²) in [5.74, 6) is 0.425. The first kappa shape index (κ1) is 23.6. The Kier molecular flexibility index (Phi) is 6.54. The molecule has 2 aliphatic heterocycles. The summed E-state index contributed by atoms with van der Waals surface area (Å²) in [6.45, 7) is 3.36. The molecule has 0 radical (unpaired) electrons. The number of benzene rings is 1. The van der Waals surface area contributed by atoms with Crippen LogP contribution in [0.2, 0.25) is 0 Å². The predicted octanol–water partition coefficient (Wildman–Crippen LogP) is 4.44. The summed E-state index contributed by atoms with van der Waals surface area (Å²) in [6, 6.07) is 9.32. The van der Waals surface area contributed by atoms with E-state index in [2.05, 4.69) is 44.9 Å². The largest absolute Gasteiger partial charge is 0.396 e. The van der Waals surface area contributed by atoms with Crippen molar-refractivity contribution in [3.05, 3.63) is 53.3 Å². The number of amides is 1. The van der Waals surface area contributed by atoms with Crippen LogP contribution in [-0.4, -0.2) is 53.9 Å². The molecule has 2 aromatic heterocycles. The number of carbonyl (C=O) groups excluding carboxylic acids is 1. The van der Waals surface area contributed by atoms with Crippen molar-refractivity contribution in [3.8, 4) is 11.1 Å². The Hall–Kier alpha value is -2.74. The van der Waals surface area contributed by atoms with Gasteiger partial charge in [0.2, 0.25) is 0 Å². The van der Waals surface area contributed by atoms with Crippen molar-refractivity contribution in [2.75, 3.05) is 32.9 Å². The van der Waals surface area contributed by atoms with Crippen molar-refractivity contribution < 1.29 is 14.6 Å². The number of ether oxygens (including phenoxy) is 1. The molecule has 0 bridgehead atoms. The highest BCUT2D eigenvalue weighted by Gasteiger charge is 2.36. The van der Waals surface area contributed by atoms with E-state index in [1.807, 2.05) is 6.20 Å². The molecule has 2 saturated heterocycles. The van der Waals surface area contributed by atoms with Gasteiger partial charge in [-0.05, 0) is 79.8 Å². The number of H-pyrrole nitrogens is 1. The van der Waals surface area contributed by atoms with Crippen molar-refractivity contribution in [2.45, 2.75) is 56.9 Å². The van der Waals surface area contributed by atoms with E-state index in [0.717, 1.165) is 74.8 Å². The van der Waals surface area contributed by atoms with Gasteiger partial charge >= 0.3 is 0 Å². The number of pyridine rings is 1. The van der Waals surface area contributed by atoms with Crippen LogP contribution in [0.15, 0.2) is 36.7 Å². The van der Waals surface area contributed by atoms with Gasteiger partial charge in [-0.3, -0.25) is 4.79 Å². The standard InChI is InChI=1S/C29H36N4O3/c34-18-29(8-2-9-29)17-33-28(35)25-16-32-27-24(25)14-21(15-31-27)20-4-5-22(19-6-11-36-12-7-19)23(13-20)26-3-1-10-30-26/h4-5,13-16,19,26,30,34H,1-3,6-12,17-18H2,(H,31,32)(H,33,35)/t26-/m0/s1. The quantitative estimate of drug-likeness (QED) is 0.394. The lowest BCUT2D eigenvalue weighted by Crippen LogP contribution is -2.44. The Morgan fingerprint density at radius 3 is 2.69 bits per heavy atom. The third kappa shape index (κ3) is 4.44. The molecule has 1 aliphatic carbocycles. The van der Waals surface area contributed by atoms with Gasteiger partial charge in [-0.2, -0.15) is 0 Å². The van der Waals surface area contributed by atoms with Gasteiger partial charge in [-0.15, -0.1) is 0 Å². The number of carbonyl (C=O) groups is 1. The molecule has 4 heterocycles. The summed E-state index contributed by atoms with van der Waals surface area (Å²) in [6.07, 6.45) is 11.2. The van der Waals surface area contributed by atoms with Gasteiger partial charge in [-0.1, -0.05) is 18.6 Å². The van der Waals surface area contributed by atoms with Crippen molar-refractivity contribution in [2.24, 2.45) is 5.41 Å². The monoisotopic (exact) mass is 488 g/mol. The Labute approximate surface area is 212 Å². The van der Waals surface area contributed by atoms with Gasteiger partial charge in [0.15, 0.2) is 0 Å². The van der Waals surface area contributed by atoms with E-state index >= 15 is 0 Å². The predicted molar refractivity (Wildman–Crippen MR) is 140 cm³/mol. The SMILES string of the molecule is O=C(NCC1(CO)CCC1)c1c[nH]c2ncc(-c3ccc(C4CCOCC4)c([C@@H]4CCCN4)c3)cc12. The fourth-order valence-corrected chi connectivity index (χ4v) is 6.17. The summed E-state index contributed by atoms with van der Waals surface area (Å²) in [5, 5.41) is 17.3. The summed E-state index contributed by atoms with van der Waals surface area (Å²) < 4.78 is 5.62. The molecule has 3 fully saturated rings. The number of rotatable bonds is 7. The molecule has 36 heavy (non-hydrogen) atoms. The molecule has 1 saturated carbocycles. The highest BCUT2D eigenvalue weighted by molar-refractivity contribution is 6.06. The Morgan fingerprint density at radius 1 is 1.11 bits per heavy atom. The maximum Gasteiger partial charge on any atom is 0.253 e. The maximum atomic E-state index is 13.1. The molecular formula is C29H36N4O3. The zero-order valence-electron chi connectivity index (χ0n) is 20.8. The number of aliphatic hydroxyl groups is 1. The normalized spacial score (nSPS) is 22.0. The minimum Gasteiger partial charge on any atom is -0.396 e. The number of nitrogens with zero attached hydrogens (tertiary/aromatic N) is 1. The number of hydrogen-bond donors (Lipinski definition) is 4. The van der Waals surface area contributed by atoms with Gasteiger partial charge in [0.1, 0.15) is 5.65 Å². The minimum atomic E-state index is -0.151. The van der Waals surface area contributed by atoms with E-state index in [9.17, 15) is 9.90 Å². The molecule has 1 atom stereocenters. The highest BCUT2D eigenvalue weighted by atomic mass is 16.5. The number of aromatic nitrogens is 2. The van der Waals surface area contributed by atoms with E-state index in [4.69, 9.17) is 4.74 Å². The van der Waals surface area contributed by atoms with Gasteiger partial charge in [0.25, 0.3) is 5.91 Å². The molecule has 3 aliphatic rings. The molecular weight excluding hydrogens is 452 g/mol. The van der Waals surface area contributed by atoms with Crippen LogP contribution in [0.5, 0.6) is 0 Å². The molecule has 0 spiro atoms. The average molecular weight is 489 g/mol. The second-order valence-electron chi connectivity index (χ2n) is 10.9. The van der Waals surface area contributed by atoms with Crippen LogP contribution in [0.3, 0.4) is 0 Å². The van der Waals surface area contributed by atoms with Crippen LogP contribution in [0.25, 0.3) is 22.2 Å². The third-order valence-corrected chi connectivity index (χ3v) is 8.67. The van der Waals surface area contributed by atoms with Gasteiger partial charge in [0, 0.05) is 54.6 Å². The number of aromatic amines is 1. The Bertz CT molecular complexity index is 1230. The van der Waals surface area contributed by atoms with Crippen molar-refractivity contribution in [1.29, 1.82) is 0 Å². The van der Waals surface area contributed by atoms with Crippen LogP contribution < -0.4 is 10.6 Å². The van der Waals surface area contributed by atoms with Crippen molar-refractivity contribution in [3.63, 3.8) is 0 Å². The smallest absolute Gasteiger partial charge is 0.253 e. The zero-order valence-corrected chi connectivity index (χ0v) is 20.8. The summed E-state index contributed by atoms with van der Waals surface area (Å²) in [7, 11) is 0. The lowest BCUT2D eigenvalue weighted by Gasteiger charge is -2.40. The maximum absolute atomic E-state index is 13.1. The summed E-state index contributed by atoms with van der Waals surface area (Å²) >= 11 is 0. The molecule has 6 rings (SSSR count). The molecule has 190 valence electrons. The first-order chi connectivity index (χ1) is 17.7. The summed E-state index contributed by atoms with van der Waals surface area (Å²) in [5.41, 5.74) is 6.15. The molecule has 7 heteroatoms. The van der Waals surface area contributed by atoms with Gasteiger partial charge in [0.05, 0.1) is 12.2 Å². The van der Waals surface area contributed by atoms with E-state index in [1.165, 1.54) is 17.5 Å². The average Bonchev–Trinajstić information content (AvgIpc) is 3.58. The Balaban J connectivity index is 1.30. The first-order valence-electron chi connectivity index (χ1n) is 13.5. The number of hydrogen-bond acceptors (Lipinski definition) is 5. The molecule has 3 aromatic rings. The van der Waals surface area contributed by atoms with E-state index in [1.54, 1.807) is 6.20 Å². The zero-order chi connectivity index (χ0) is 24.5. The van der Waals surface area contributed by atoms with Crippen LogP contribution >= 0.6 is 0 Å². The van der Waals surface area contributed by atoms with Crippen molar-refractivity contribution in [1.82, 2.24) is 20.6 Å². The first-order valence-corrected chi connectivity index (χ1v) is 13.5. The van der Waals surface area contributed by atoms with E-state index in [0.29, 0.717) is 29.7 Å². The third-order valence-electron chi connectivity index (χ3n) is 8.67. The van der Waals surface area contributed by atoms with E-state index < -0.39 is 0 Å². The highest BCUT2D eigenvalue weighted by Crippen LogP contribution is 2.40. The molecule has 0 unspecified atom stereocenters. The lowest BCUT2D eigenvalue weighted by atomic mass is 9.69. The van der Waals surface area contributed by atoms with Gasteiger partial charge in [-0.25, -0.2) is 4.98 Å². The molecule has 1 aromatic carbocycles. The fraction of sp³-hybridized carbons (Fsp3) is 0.517. The second-order valence-corrected chi connectivity index (χ2v) is 10.9. The van der Waals surface area contributed by atoms with Crippen molar-refractivity contribution >= 4 is 16.9 Å². The second kappa shape index (κ2) is 9.96. The fourth-order valence-electron chi connectivity index (χ4n) is 6.17. The number of aliphatic hydroxyl groups excluding tert-OH is 1. The van der Waals surface area contributed by atoms with Crippen LogP contribution in [0, 0.1) is 5.41 Å². The number of nitrogens with one attached hydrogen (secondary N) is 3. The van der Waals surface area contributed by atoms with E-state index in [-0.39, 0.29) is 17.9 Å². The molecule has 1 amide bonds. The minimum absolute atomic E-state index is 0.120. The lowest BCUT2D eigenvalue weighted by molar-refractivity contribution is 0.0429. The molecule has 7 nitrogen and oxygen atoms in total.